The fourth-order valence-corrected chi connectivity index (χ4v) is 1.94. The summed E-state index contributed by atoms with van der Waals surface area (Å²) < 4.78 is 39.1. The SMILES string of the molecule is Oc1ccc(-n2nnnc2-c2ccc(C(F)(F)F)cc2)cc1. The van der Waals surface area contributed by atoms with Crippen LogP contribution in [0, 0.1) is 0 Å². The maximum atomic E-state index is 12.6. The van der Waals surface area contributed by atoms with Crippen molar-refractivity contribution in [3.63, 3.8) is 0 Å². The third kappa shape index (κ3) is 2.62. The molecule has 112 valence electrons. The molecule has 22 heavy (non-hydrogen) atoms. The Morgan fingerprint density at radius 1 is 0.909 bits per heavy atom. The molecule has 0 bridgehead atoms. The second-order valence-electron chi connectivity index (χ2n) is 4.51. The van der Waals surface area contributed by atoms with Crippen LogP contribution >= 0.6 is 0 Å². The fourth-order valence-electron chi connectivity index (χ4n) is 1.94. The first kappa shape index (κ1) is 14.1. The lowest BCUT2D eigenvalue weighted by Gasteiger charge is -2.08. The van der Waals surface area contributed by atoms with Gasteiger partial charge in [-0.2, -0.15) is 17.9 Å². The summed E-state index contributed by atoms with van der Waals surface area (Å²) >= 11 is 0. The molecule has 5 nitrogen and oxygen atoms in total. The molecule has 3 rings (SSSR count). The van der Waals surface area contributed by atoms with E-state index >= 15 is 0 Å². The minimum absolute atomic E-state index is 0.0907. The zero-order valence-electron chi connectivity index (χ0n) is 11.0. The van der Waals surface area contributed by atoms with Crippen molar-refractivity contribution in [2.24, 2.45) is 0 Å². The van der Waals surface area contributed by atoms with E-state index in [2.05, 4.69) is 15.5 Å². The van der Waals surface area contributed by atoms with Crippen LogP contribution in [0.2, 0.25) is 0 Å². The van der Waals surface area contributed by atoms with E-state index in [1.165, 1.54) is 28.9 Å². The van der Waals surface area contributed by atoms with Gasteiger partial charge in [-0.1, -0.05) is 12.1 Å². The van der Waals surface area contributed by atoms with Crippen molar-refractivity contribution in [2.45, 2.75) is 6.18 Å². The number of benzene rings is 2. The Labute approximate surface area is 122 Å². The van der Waals surface area contributed by atoms with Crippen LogP contribution in [0.25, 0.3) is 17.1 Å². The molecule has 1 heterocycles. The van der Waals surface area contributed by atoms with Gasteiger partial charge in [0.05, 0.1) is 11.3 Å². The molecule has 0 aliphatic heterocycles. The van der Waals surface area contributed by atoms with E-state index in [9.17, 15) is 18.3 Å². The largest absolute Gasteiger partial charge is 0.508 e. The molecule has 8 heteroatoms. The molecule has 0 unspecified atom stereocenters. The summed E-state index contributed by atoms with van der Waals surface area (Å²) in [6.45, 7) is 0. The van der Waals surface area contributed by atoms with E-state index in [-0.39, 0.29) is 5.75 Å². The molecular formula is C14H9F3N4O. The van der Waals surface area contributed by atoms with Gasteiger partial charge in [-0.3, -0.25) is 0 Å². The molecule has 0 fully saturated rings. The van der Waals surface area contributed by atoms with Gasteiger partial charge in [-0.25, -0.2) is 0 Å². The highest BCUT2D eigenvalue weighted by Crippen LogP contribution is 2.30. The summed E-state index contributed by atoms with van der Waals surface area (Å²) in [6.07, 6.45) is -4.39. The van der Waals surface area contributed by atoms with Gasteiger partial charge in [0.1, 0.15) is 5.75 Å². The number of aromatic nitrogens is 4. The molecule has 0 spiro atoms. The van der Waals surface area contributed by atoms with Gasteiger partial charge in [0.2, 0.25) is 0 Å². The second-order valence-corrected chi connectivity index (χ2v) is 4.51. The quantitative estimate of drug-likeness (QED) is 0.790. The Bertz CT molecular complexity index is 779. The van der Waals surface area contributed by atoms with Gasteiger partial charge in [0, 0.05) is 5.56 Å². The van der Waals surface area contributed by atoms with Crippen LogP contribution in [0.15, 0.2) is 48.5 Å². The summed E-state index contributed by atoms with van der Waals surface area (Å²) in [5, 5.41) is 20.5. The van der Waals surface area contributed by atoms with Crippen molar-refractivity contribution >= 4 is 0 Å². The van der Waals surface area contributed by atoms with E-state index in [1.54, 1.807) is 12.1 Å². The topological polar surface area (TPSA) is 63.8 Å². The van der Waals surface area contributed by atoms with E-state index < -0.39 is 11.7 Å². The summed E-state index contributed by atoms with van der Waals surface area (Å²) in [6, 6.07) is 10.7. The zero-order valence-corrected chi connectivity index (χ0v) is 11.0. The maximum Gasteiger partial charge on any atom is 0.416 e. The van der Waals surface area contributed by atoms with E-state index in [1.807, 2.05) is 0 Å². The Balaban J connectivity index is 2.00. The molecular weight excluding hydrogens is 297 g/mol. The minimum atomic E-state index is -4.39. The number of phenolic OH excluding ortho intramolecular Hbond substituents is 1. The normalized spacial score (nSPS) is 11.6. The van der Waals surface area contributed by atoms with E-state index in [4.69, 9.17) is 0 Å². The second kappa shape index (κ2) is 5.14. The van der Waals surface area contributed by atoms with Crippen LogP contribution in [0.5, 0.6) is 5.75 Å². The maximum absolute atomic E-state index is 12.6. The van der Waals surface area contributed by atoms with Crippen molar-refractivity contribution in [3.05, 3.63) is 54.1 Å². The first-order chi connectivity index (χ1) is 10.4. The Kier molecular flexibility index (Phi) is 3.28. The van der Waals surface area contributed by atoms with Crippen molar-refractivity contribution < 1.29 is 18.3 Å². The van der Waals surface area contributed by atoms with E-state index in [0.717, 1.165) is 12.1 Å². The fraction of sp³-hybridized carbons (Fsp3) is 0.0714. The third-order valence-electron chi connectivity index (χ3n) is 3.03. The molecule has 0 saturated carbocycles. The molecule has 1 N–H and O–H groups in total. The van der Waals surface area contributed by atoms with Crippen molar-refractivity contribution in [1.29, 1.82) is 0 Å². The number of aromatic hydroxyl groups is 1. The molecule has 2 aromatic carbocycles. The minimum Gasteiger partial charge on any atom is -0.508 e. The van der Waals surface area contributed by atoms with Crippen molar-refractivity contribution in [1.82, 2.24) is 20.2 Å². The van der Waals surface area contributed by atoms with Crippen LogP contribution < -0.4 is 0 Å². The molecule has 0 radical (unpaired) electrons. The van der Waals surface area contributed by atoms with Gasteiger partial charge in [-0.05, 0) is 46.8 Å². The van der Waals surface area contributed by atoms with Gasteiger partial charge >= 0.3 is 6.18 Å². The zero-order chi connectivity index (χ0) is 15.7. The Morgan fingerprint density at radius 3 is 2.14 bits per heavy atom. The summed E-state index contributed by atoms with van der Waals surface area (Å²) in [7, 11) is 0. The third-order valence-corrected chi connectivity index (χ3v) is 3.03. The van der Waals surface area contributed by atoms with E-state index in [0.29, 0.717) is 17.1 Å². The highest BCUT2D eigenvalue weighted by molar-refractivity contribution is 5.58. The standard InChI is InChI=1S/C14H9F3N4O/c15-14(16,17)10-3-1-9(2-4-10)13-18-19-20-21(13)11-5-7-12(22)8-6-11/h1-8,22H. The van der Waals surface area contributed by atoms with Gasteiger partial charge in [0.25, 0.3) is 0 Å². The number of hydrogen-bond acceptors (Lipinski definition) is 4. The lowest BCUT2D eigenvalue weighted by Crippen LogP contribution is -2.04. The number of phenols is 1. The highest BCUT2D eigenvalue weighted by atomic mass is 19.4. The average Bonchev–Trinajstić information content (AvgIpc) is 2.97. The molecule has 0 amide bonds. The number of alkyl halides is 3. The monoisotopic (exact) mass is 306 g/mol. The first-order valence-electron chi connectivity index (χ1n) is 6.20. The summed E-state index contributed by atoms with van der Waals surface area (Å²) in [4.78, 5) is 0. The summed E-state index contributed by atoms with van der Waals surface area (Å²) in [5.74, 6) is 0.396. The van der Waals surface area contributed by atoms with Crippen molar-refractivity contribution in [2.75, 3.05) is 0 Å². The molecule has 0 saturated heterocycles. The summed E-state index contributed by atoms with van der Waals surface area (Å²) in [5.41, 5.74) is 0.295. The van der Waals surface area contributed by atoms with Gasteiger partial charge in [0.15, 0.2) is 5.82 Å². The predicted octanol–water partition coefficient (Wildman–Crippen LogP) is 3.05. The molecule has 3 aromatic rings. The van der Waals surface area contributed by atoms with Gasteiger partial charge < -0.3 is 5.11 Å². The number of hydrogen-bond donors (Lipinski definition) is 1. The van der Waals surface area contributed by atoms with Crippen LogP contribution in [0.4, 0.5) is 13.2 Å². The smallest absolute Gasteiger partial charge is 0.416 e. The van der Waals surface area contributed by atoms with Crippen LogP contribution in [0.1, 0.15) is 5.56 Å². The number of tetrazole rings is 1. The highest BCUT2D eigenvalue weighted by Gasteiger charge is 2.30. The molecule has 0 atom stereocenters. The van der Waals surface area contributed by atoms with Gasteiger partial charge in [-0.15, -0.1) is 5.10 Å². The number of nitrogens with zero attached hydrogens (tertiary/aromatic N) is 4. The lowest BCUT2D eigenvalue weighted by atomic mass is 10.1. The average molecular weight is 306 g/mol. The van der Waals surface area contributed by atoms with Crippen LogP contribution in [-0.2, 0) is 6.18 Å². The lowest BCUT2D eigenvalue weighted by molar-refractivity contribution is -0.137. The van der Waals surface area contributed by atoms with Crippen molar-refractivity contribution in [3.8, 4) is 22.8 Å². The number of halogens is 3. The Morgan fingerprint density at radius 2 is 1.55 bits per heavy atom. The van der Waals surface area contributed by atoms with Crippen LogP contribution in [0.3, 0.4) is 0 Å². The first-order valence-corrected chi connectivity index (χ1v) is 6.20. The molecule has 1 aromatic heterocycles. The molecule has 0 aliphatic carbocycles. The van der Waals surface area contributed by atoms with Crippen LogP contribution in [-0.4, -0.2) is 25.3 Å². The predicted molar refractivity (Wildman–Crippen MR) is 71.3 cm³/mol. The molecule has 0 aliphatic rings. The number of rotatable bonds is 2. The Hall–Kier alpha value is -2.90.